The van der Waals surface area contributed by atoms with Gasteiger partial charge in [0.1, 0.15) is 11.5 Å². The zero-order valence-electron chi connectivity index (χ0n) is 15.9. The minimum absolute atomic E-state index is 0.194. The number of ether oxygens (including phenoxy) is 1. The van der Waals surface area contributed by atoms with Gasteiger partial charge in [0, 0.05) is 29.3 Å². The van der Waals surface area contributed by atoms with E-state index in [-0.39, 0.29) is 17.9 Å². The van der Waals surface area contributed by atoms with Gasteiger partial charge < -0.3 is 20.5 Å². The van der Waals surface area contributed by atoms with Crippen LogP contribution in [0, 0.1) is 5.92 Å². The maximum absolute atomic E-state index is 13.0. The summed E-state index contributed by atoms with van der Waals surface area (Å²) in [5, 5.41) is 0. The van der Waals surface area contributed by atoms with Gasteiger partial charge >= 0.3 is 0 Å². The Morgan fingerprint density at radius 2 is 1.93 bits per heavy atom. The number of nitrogens with one attached hydrogen (secondary N) is 3. The number of para-hydroxylation sites is 1. The smallest absolute Gasteiger partial charge is 0.230 e. The van der Waals surface area contributed by atoms with Crippen LogP contribution >= 0.6 is 0 Å². The fourth-order valence-electron chi connectivity index (χ4n) is 4.00. The number of amides is 1. The molecule has 3 aliphatic rings. The molecule has 5 rings (SSSR count). The minimum Gasteiger partial charge on any atom is -0.456 e. The Morgan fingerprint density at radius 3 is 2.64 bits per heavy atom. The van der Waals surface area contributed by atoms with Crippen molar-refractivity contribution in [1.82, 2.24) is 16.4 Å². The first-order chi connectivity index (χ1) is 13.7. The highest BCUT2D eigenvalue weighted by atomic mass is 16.5. The van der Waals surface area contributed by atoms with Gasteiger partial charge in [0.25, 0.3) is 0 Å². The lowest BCUT2D eigenvalue weighted by Gasteiger charge is -2.36. The lowest BCUT2D eigenvalue weighted by Crippen LogP contribution is -2.43. The van der Waals surface area contributed by atoms with Crippen molar-refractivity contribution in [3.63, 3.8) is 0 Å². The third-order valence-electron chi connectivity index (χ3n) is 5.65. The second-order valence-electron chi connectivity index (χ2n) is 7.68. The molecule has 3 N–H and O–H groups in total. The van der Waals surface area contributed by atoms with Crippen molar-refractivity contribution in [3.8, 4) is 11.5 Å². The molecule has 0 spiro atoms. The van der Waals surface area contributed by atoms with E-state index in [0.29, 0.717) is 0 Å². The summed E-state index contributed by atoms with van der Waals surface area (Å²) in [6.45, 7) is 2.14. The van der Waals surface area contributed by atoms with Gasteiger partial charge in [-0.05, 0) is 56.9 Å². The van der Waals surface area contributed by atoms with E-state index in [2.05, 4.69) is 29.4 Å². The average Bonchev–Trinajstić information content (AvgIpc) is 3.43. The van der Waals surface area contributed by atoms with Crippen molar-refractivity contribution in [2.24, 2.45) is 5.92 Å². The molecule has 0 aromatic heterocycles. The first-order valence-corrected chi connectivity index (χ1v) is 9.91. The largest absolute Gasteiger partial charge is 0.456 e. The molecule has 1 aliphatic carbocycles. The van der Waals surface area contributed by atoms with Crippen molar-refractivity contribution in [2.75, 3.05) is 4.90 Å². The Hall–Kier alpha value is -2.99. The summed E-state index contributed by atoms with van der Waals surface area (Å²) in [6.07, 6.45) is 5.71. The molecule has 2 aromatic rings. The Balaban J connectivity index is 1.62. The third-order valence-corrected chi connectivity index (χ3v) is 5.65. The number of carbonyl (C=O) groups excluding carboxylic acids is 1. The van der Waals surface area contributed by atoms with Crippen molar-refractivity contribution in [3.05, 3.63) is 59.8 Å². The highest BCUT2D eigenvalue weighted by Gasteiger charge is 2.39. The van der Waals surface area contributed by atoms with Crippen LogP contribution in [0.3, 0.4) is 0 Å². The molecular formula is C22H24N4O2. The van der Waals surface area contributed by atoms with E-state index in [1.54, 1.807) is 0 Å². The van der Waals surface area contributed by atoms with Crippen molar-refractivity contribution in [1.29, 1.82) is 0 Å². The summed E-state index contributed by atoms with van der Waals surface area (Å²) in [6, 6.07) is 14.1. The summed E-state index contributed by atoms with van der Waals surface area (Å²) in [5.74, 6) is 2.05. The molecule has 1 saturated carbocycles. The molecule has 1 fully saturated rings. The van der Waals surface area contributed by atoms with Gasteiger partial charge in [-0.15, -0.1) is 0 Å². The standard InChI is InChI=1S/C22H24N4O2/c1-14-7-10-18-20(26(14)22(27)15-8-9-15)12-11-17(19-13-23-25-24-19)21(18)28-16-5-3-2-4-6-16/h2-6,11-15,23-25H,7-10H2,1H3/t14-/m0/s1. The molecule has 0 saturated heterocycles. The highest BCUT2D eigenvalue weighted by molar-refractivity contribution is 5.99. The van der Waals surface area contributed by atoms with Crippen LogP contribution in [0.2, 0.25) is 0 Å². The maximum Gasteiger partial charge on any atom is 0.230 e. The van der Waals surface area contributed by atoms with Crippen LogP contribution < -0.4 is 26.0 Å². The average molecular weight is 376 g/mol. The number of benzene rings is 2. The van der Waals surface area contributed by atoms with Gasteiger partial charge in [-0.3, -0.25) is 4.79 Å². The number of anilines is 1. The highest BCUT2D eigenvalue weighted by Crippen LogP contribution is 2.44. The molecule has 2 heterocycles. The molecule has 0 radical (unpaired) electrons. The summed E-state index contributed by atoms with van der Waals surface area (Å²) in [5.41, 5.74) is 12.9. The fourth-order valence-corrected chi connectivity index (χ4v) is 4.00. The summed E-state index contributed by atoms with van der Waals surface area (Å²) in [7, 11) is 0. The molecule has 1 amide bonds. The first kappa shape index (κ1) is 17.1. The Morgan fingerprint density at radius 1 is 1.11 bits per heavy atom. The molecule has 6 nitrogen and oxygen atoms in total. The van der Waals surface area contributed by atoms with E-state index in [1.807, 2.05) is 47.5 Å². The van der Waals surface area contributed by atoms with Crippen molar-refractivity contribution < 1.29 is 9.53 Å². The predicted molar refractivity (Wildman–Crippen MR) is 108 cm³/mol. The molecule has 1 atom stereocenters. The SMILES string of the molecule is C[C@H]1CCc2c(ccc(C3=CNNN3)c2Oc2ccccc2)N1C(=O)C1CC1. The maximum atomic E-state index is 13.0. The molecule has 144 valence electrons. The summed E-state index contributed by atoms with van der Waals surface area (Å²) >= 11 is 0. The van der Waals surface area contributed by atoms with Gasteiger partial charge in [0.2, 0.25) is 5.91 Å². The van der Waals surface area contributed by atoms with E-state index < -0.39 is 0 Å². The summed E-state index contributed by atoms with van der Waals surface area (Å²) < 4.78 is 6.39. The minimum atomic E-state index is 0.194. The molecular weight excluding hydrogens is 352 g/mol. The zero-order chi connectivity index (χ0) is 19.1. The number of hydrazine groups is 2. The monoisotopic (exact) mass is 376 g/mol. The van der Waals surface area contributed by atoms with Crippen LogP contribution in [0.25, 0.3) is 5.70 Å². The van der Waals surface area contributed by atoms with E-state index in [4.69, 9.17) is 4.74 Å². The lowest BCUT2D eigenvalue weighted by molar-refractivity contribution is -0.120. The van der Waals surface area contributed by atoms with Crippen LogP contribution in [0.4, 0.5) is 5.69 Å². The molecule has 0 unspecified atom stereocenters. The predicted octanol–water partition coefficient (Wildman–Crippen LogP) is 3.47. The molecule has 6 heteroatoms. The van der Waals surface area contributed by atoms with E-state index in [1.165, 1.54) is 0 Å². The first-order valence-electron chi connectivity index (χ1n) is 9.91. The number of fused-ring (bicyclic) bond motifs is 1. The Labute approximate surface area is 164 Å². The fraction of sp³-hybridized carbons (Fsp3) is 0.318. The lowest BCUT2D eigenvalue weighted by atomic mass is 9.92. The van der Waals surface area contributed by atoms with Crippen LogP contribution in [0.1, 0.15) is 37.3 Å². The normalized spacial score (nSPS) is 20.7. The second kappa shape index (κ2) is 6.87. The van der Waals surface area contributed by atoms with Crippen LogP contribution in [0.15, 0.2) is 48.7 Å². The van der Waals surface area contributed by atoms with Crippen molar-refractivity contribution in [2.45, 2.75) is 38.6 Å². The number of rotatable bonds is 4. The van der Waals surface area contributed by atoms with Gasteiger partial charge in [0.15, 0.2) is 0 Å². The van der Waals surface area contributed by atoms with Crippen LogP contribution in [-0.4, -0.2) is 11.9 Å². The number of hydrogen-bond donors (Lipinski definition) is 3. The van der Waals surface area contributed by atoms with Gasteiger partial charge in [-0.25, -0.2) is 0 Å². The Bertz CT molecular complexity index is 937. The van der Waals surface area contributed by atoms with Crippen molar-refractivity contribution >= 4 is 17.3 Å². The second-order valence-corrected chi connectivity index (χ2v) is 7.68. The van der Waals surface area contributed by atoms with Gasteiger partial charge in [-0.2, -0.15) is 5.53 Å². The number of carbonyl (C=O) groups is 1. The molecule has 0 bridgehead atoms. The van der Waals surface area contributed by atoms with E-state index >= 15 is 0 Å². The number of hydrogen-bond acceptors (Lipinski definition) is 5. The molecule has 2 aromatic carbocycles. The van der Waals surface area contributed by atoms with Gasteiger partial charge in [0.05, 0.1) is 11.4 Å². The van der Waals surface area contributed by atoms with Crippen LogP contribution in [-0.2, 0) is 11.2 Å². The van der Waals surface area contributed by atoms with Crippen LogP contribution in [0.5, 0.6) is 11.5 Å². The quantitative estimate of drug-likeness (QED) is 0.763. The topological polar surface area (TPSA) is 65.6 Å². The number of nitrogens with zero attached hydrogens (tertiary/aromatic N) is 1. The summed E-state index contributed by atoms with van der Waals surface area (Å²) in [4.78, 5) is 15.0. The molecule has 2 aliphatic heterocycles. The van der Waals surface area contributed by atoms with E-state index in [0.717, 1.165) is 59.7 Å². The Kier molecular flexibility index (Phi) is 4.20. The van der Waals surface area contributed by atoms with Gasteiger partial charge in [-0.1, -0.05) is 18.2 Å². The zero-order valence-corrected chi connectivity index (χ0v) is 15.9. The molecule has 28 heavy (non-hydrogen) atoms. The third kappa shape index (κ3) is 2.99. The van der Waals surface area contributed by atoms with E-state index in [9.17, 15) is 4.79 Å².